The minimum absolute atomic E-state index is 0.00467. The first-order chi connectivity index (χ1) is 8.96. The monoisotopic (exact) mass is 266 g/mol. The third-order valence-corrected chi connectivity index (χ3v) is 3.97. The van der Waals surface area contributed by atoms with Gasteiger partial charge in [-0.15, -0.1) is 0 Å². The fourth-order valence-electron chi connectivity index (χ4n) is 2.34. The van der Waals surface area contributed by atoms with E-state index in [9.17, 15) is 9.18 Å². The summed E-state index contributed by atoms with van der Waals surface area (Å²) in [5.41, 5.74) is 5.30. The van der Waals surface area contributed by atoms with Gasteiger partial charge in [0.05, 0.1) is 5.56 Å². The molecule has 1 aromatic rings. The fourth-order valence-corrected chi connectivity index (χ4v) is 2.34. The van der Waals surface area contributed by atoms with Crippen LogP contribution in [0.1, 0.15) is 29.6 Å². The summed E-state index contributed by atoms with van der Waals surface area (Å²) < 4.78 is 13.7. The van der Waals surface area contributed by atoms with Crippen molar-refractivity contribution in [3.63, 3.8) is 0 Å². The van der Waals surface area contributed by atoms with Crippen LogP contribution in [-0.2, 0) is 0 Å². The summed E-state index contributed by atoms with van der Waals surface area (Å²) in [4.78, 5) is 17.7. The van der Waals surface area contributed by atoms with Crippen molar-refractivity contribution < 1.29 is 9.18 Å². The molecule has 1 heterocycles. The third kappa shape index (κ3) is 2.53. The van der Waals surface area contributed by atoms with E-state index in [0.29, 0.717) is 6.54 Å². The average molecular weight is 266 g/mol. The number of carbonyl (C=O) groups is 1. The number of hydrogen-bond donors (Lipinski definition) is 2. The molecule has 0 spiro atoms. The summed E-state index contributed by atoms with van der Waals surface area (Å²) in [7, 11) is 3.99. The molecule has 19 heavy (non-hydrogen) atoms. The summed E-state index contributed by atoms with van der Waals surface area (Å²) in [6.07, 6.45) is 4.57. The Balaban J connectivity index is 2.04. The number of nitrogens with one attached hydrogen (secondary N) is 1. The van der Waals surface area contributed by atoms with Crippen molar-refractivity contribution in [1.29, 1.82) is 0 Å². The van der Waals surface area contributed by atoms with Crippen LogP contribution in [0.15, 0.2) is 12.3 Å². The summed E-state index contributed by atoms with van der Waals surface area (Å²) in [5.74, 6) is -1.45. The third-order valence-electron chi connectivity index (χ3n) is 3.97. The van der Waals surface area contributed by atoms with Crippen LogP contribution in [-0.4, -0.2) is 42.0 Å². The first-order valence-corrected chi connectivity index (χ1v) is 6.32. The zero-order valence-corrected chi connectivity index (χ0v) is 11.2. The van der Waals surface area contributed by atoms with Gasteiger partial charge in [0.15, 0.2) is 11.6 Å². The Hall–Kier alpha value is -1.69. The van der Waals surface area contributed by atoms with E-state index in [1.807, 2.05) is 14.1 Å². The van der Waals surface area contributed by atoms with Gasteiger partial charge in [-0.2, -0.15) is 0 Å². The number of nitrogen functional groups attached to an aromatic ring is 1. The summed E-state index contributed by atoms with van der Waals surface area (Å²) >= 11 is 0. The molecule has 1 aromatic heterocycles. The summed E-state index contributed by atoms with van der Waals surface area (Å²) in [6, 6.07) is 1.34. The number of rotatable bonds is 4. The molecule has 3 N–H and O–H groups in total. The minimum Gasteiger partial charge on any atom is -0.381 e. The first kappa shape index (κ1) is 13.7. The number of anilines is 1. The predicted molar refractivity (Wildman–Crippen MR) is 71.2 cm³/mol. The van der Waals surface area contributed by atoms with E-state index in [1.54, 1.807) is 0 Å². The number of aromatic nitrogens is 1. The number of nitrogens with two attached hydrogens (primary N) is 1. The lowest BCUT2D eigenvalue weighted by Gasteiger charge is -2.47. The molecular weight excluding hydrogens is 247 g/mol. The van der Waals surface area contributed by atoms with Crippen molar-refractivity contribution in [2.24, 2.45) is 0 Å². The molecule has 0 atom stereocenters. The van der Waals surface area contributed by atoms with E-state index in [4.69, 9.17) is 5.73 Å². The van der Waals surface area contributed by atoms with Gasteiger partial charge in [0.2, 0.25) is 0 Å². The van der Waals surface area contributed by atoms with Gasteiger partial charge < -0.3 is 16.0 Å². The molecule has 0 bridgehead atoms. The maximum absolute atomic E-state index is 13.7. The van der Waals surface area contributed by atoms with Crippen molar-refractivity contribution in [3.8, 4) is 0 Å². The van der Waals surface area contributed by atoms with Gasteiger partial charge in [-0.05, 0) is 39.4 Å². The molecule has 0 aliphatic heterocycles. The minimum atomic E-state index is -0.757. The van der Waals surface area contributed by atoms with Crippen LogP contribution in [0.3, 0.4) is 0 Å². The zero-order chi connectivity index (χ0) is 14.0. The van der Waals surface area contributed by atoms with Gasteiger partial charge in [-0.25, -0.2) is 9.37 Å². The van der Waals surface area contributed by atoms with E-state index in [1.165, 1.54) is 12.3 Å². The molecule has 0 radical (unpaired) electrons. The van der Waals surface area contributed by atoms with E-state index in [0.717, 1.165) is 19.3 Å². The predicted octanol–water partition coefficient (Wildman–Crippen LogP) is 1.02. The maximum Gasteiger partial charge on any atom is 0.254 e. The van der Waals surface area contributed by atoms with E-state index < -0.39 is 11.7 Å². The largest absolute Gasteiger partial charge is 0.381 e. The van der Waals surface area contributed by atoms with Crippen LogP contribution in [0.4, 0.5) is 10.2 Å². The highest BCUT2D eigenvalue weighted by molar-refractivity contribution is 5.95. The molecular formula is C13H19FN4O. The van der Waals surface area contributed by atoms with Crippen LogP contribution < -0.4 is 11.1 Å². The number of likely N-dealkylation sites (N-methyl/N-ethyl adjacent to an activating group) is 1. The molecule has 0 unspecified atom stereocenters. The standard InChI is InChI=1S/C13H19FN4O/c1-18(2)13(5-3-6-13)8-17-12(19)9-4-7-16-11(15)10(9)14/h4,7H,3,5-6,8H2,1-2H3,(H2,15,16)(H,17,19). The van der Waals surface area contributed by atoms with Crippen LogP contribution >= 0.6 is 0 Å². The van der Waals surface area contributed by atoms with Crippen LogP contribution in [0.5, 0.6) is 0 Å². The molecule has 5 nitrogen and oxygen atoms in total. The molecule has 104 valence electrons. The number of halogens is 1. The van der Waals surface area contributed by atoms with Crippen LogP contribution in [0, 0.1) is 5.82 Å². The molecule has 6 heteroatoms. The van der Waals surface area contributed by atoms with Crippen molar-refractivity contribution >= 4 is 11.7 Å². The molecule has 1 amide bonds. The second kappa shape index (κ2) is 5.13. The molecule has 1 saturated carbocycles. The Kier molecular flexibility index (Phi) is 3.71. The summed E-state index contributed by atoms with van der Waals surface area (Å²) in [6.45, 7) is 0.514. The normalized spacial score (nSPS) is 17.1. The lowest BCUT2D eigenvalue weighted by atomic mass is 9.75. The number of hydrogen-bond acceptors (Lipinski definition) is 4. The average Bonchev–Trinajstić information content (AvgIpc) is 2.30. The first-order valence-electron chi connectivity index (χ1n) is 6.32. The molecule has 2 rings (SSSR count). The topological polar surface area (TPSA) is 71.2 Å². The molecule has 1 fully saturated rings. The Labute approximate surface area is 112 Å². The van der Waals surface area contributed by atoms with Gasteiger partial charge >= 0.3 is 0 Å². The van der Waals surface area contributed by atoms with Gasteiger partial charge in [0.25, 0.3) is 5.91 Å². The maximum atomic E-state index is 13.7. The fraction of sp³-hybridized carbons (Fsp3) is 0.538. The second-order valence-corrected chi connectivity index (χ2v) is 5.21. The highest BCUT2D eigenvalue weighted by Gasteiger charge is 2.39. The highest BCUT2D eigenvalue weighted by atomic mass is 19.1. The zero-order valence-electron chi connectivity index (χ0n) is 11.2. The van der Waals surface area contributed by atoms with Crippen molar-refractivity contribution in [3.05, 3.63) is 23.6 Å². The lowest BCUT2D eigenvalue weighted by molar-refractivity contribution is 0.0556. The van der Waals surface area contributed by atoms with Gasteiger partial charge in [0.1, 0.15) is 0 Å². The Morgan fingerprint density at radius 1 is 1.58 bits per heavy atom. The number of pyridine rings is 1. The van der Waals surface area contributed by atoms with E-state index >= 15 is 0 Å². The van der Waals surface area contributed by atoms with Crippen LogP contribution in [0.2, 0.25) is 0 Å². The van der Waals surface area contributed by atoms with E-state index in [2.05, 4.69) is 15.2 Å². The molecule has 0 saturated heterocycles. The Morgan fingerprint density at radius 2 is 2.26 bits per heavy atom. The summed E-state index contributed by atoms with van der Waals surface area (Å²) in [5, 5.41) is 2.79. The molecule has 1 aliphatic carbocycles. The molecule has 0 aromatic carbocycles. The smallest absolute Gasteiger partial charge is 0.254 e. The van der Waals surface area contributed by atoms with E-state index in [-0.39, 0.29) is 16.9 Å². The SMILES string of the molecule is CN(C)C1(CNC(=O)c2ccnc(N)c2F)CCC1. The number of amides is 1. The van der Waals surface area contributed by atoms with Crippen molar-refractivity contribution in [2.45, 2.75) is 24.8 Å². The second-order valence-electron chi connectivity index (χ2n) is 5.21. The highest BCUT2D eigenvalue weighted by Crippen LogP contribution is 2.35. The quantitative estimate of drug-likeness (QED) is 0.853. The number of nitrogens with zero attached hydrogens (tertiary/aromatic N) is 2. The Morgan fingerprint density at radius 3 is 2.79 bits per heavy atom. The van der Waals surface area contributed by atoms with Gasteiger partial charge in [-0.3, -0.25) is 4.79 Å². The van der Waals surface area contributed by atoms with Crippen LogP contribution in [0.25, 0.3) is 0 Å². The Bertz CT molecular complexity index is 486. The lowest BCUT2D eigenvalue weighted by Crippen LogP contribution is -2.57. The van der Waals surface area contributed by atoms with Gasteiger partial charge in [-0.1, -0.05) is 0 Å². The van der Waals surface area contributed by atoms with Crippen molar-refractivity contribution in [1.82, 2.24) is 15.2 Å². The van der Waals surface area contributed by atoms with Gasteiger partial charge in [0, 0.05) is 18.3 Å². The van der Waals surface area contributed by atoms with Crippen molar-refractivity contribution in [2.75, 3.05) is 26.4 Å². The molecule has 1 aliphatic rings. The number of carbonyl (C=O) groups excluding carboxylic acids is 1.